The van der Waals surface area contributed by atoms with E-state index >= 15 is 0 Å². The van der Waals surface area contributed by atoms with E-state index < -0.39 is 0 Å². The average molecular weight is 927 g/mol. The summed E-state index contributed by atoms with van der Waals surface area (Å²) in [6.07, 6.45) is 1.90. The van der Waals surface area contributed by atoms with Crippen molar-refractivity contribution >= 4 is 61.1 Å². The molecule has 12 aromatic rings. The highest BCUT2D eigenvalue weighted by molar-refractivity contribution is 6.21. The quantitative estimate of drug-likeness (QED) is 0.172. The van der Waals surface area contributed by atoms with Crippen LogP contribution in [-0.4, -0.2) is 4.98 Å². The summed E-state index contributed by atoms with van der Waals surface area (Å²) in [5.41, 5.74) is 25.1. The molecule has 0 radical (unpaired) electrons. The van der Waals surface area contributed by atoms with E-state index in [0.717, 1.165) is 56.0 Å². The van der Waals surface area contributed by atoms with Gasteiger partial charge < -0.3 is 8.83 Å². The van der Waals surface area contributed by atoms with Gasteiger partial charge in [-0.25, -0.2) is 4.98 Å². The predicted molar refractivity (Wildman–Crippen MR) is 297 cm³/mol. The zero-order valence-electron chi connectivity index (χ0n) is 41.2. The number of fused-ring (bicyclic) bond motifs is 19. The Labute approximate surface area is 418 Å². The van der Waals surface area contributed by atoms with E-state index in [9.17, 15) is 0 Å². The zero-order valence-corrected chi connectivity index (χ0v) is 41.2. The summed E-state index contributed by atoms with van der Waals surface area (Å²) in [6.45, 7) is 14.4. The van der Waals surface area contributed by atoms with Crippen molar-refractivity contribution in [1.82, 2.24) is 4.98 Å². The van der Waals surface area contributed by atoms with Crippen molar-refractivity contribution in [1.29, 1.82) is 0 Å². The SMILES string of the molecule is CC1(C)c2cc(N(c3ccc4c(c3)C(C)(C)c3c5c(c6c(oc7ccccc76)c3-4)-c3ccccc3C5(C)C)c3ccccn3)ccc2-c2c1cc(-c1ccc(-c3ccccc3)cc1)c1oc3ccccc3c21. The molecule has 344 valence electrons. The van der Waals surface area contributed by atoms with Crippen LogP contribution in [-0.2, 0) is 16.2 Å². The molecular formula is C68H50N2O2. The number of pyridine rings is 1. The number of aromatic nitrogens is 1. The molecule has 3 aromatic heterocycles. The molecule has 0 saturated heterocycles. The molecule has 0 aliphatic heterocycles. The second kappa shape index (κ2) is 14.3. The molecule has 4 nitrogen and oxygen atoms in total. The Morgan fingerprint density at radius 2 is 0.903 bits per heavy atom. The number of hydrogen-bond acceptors (Lipinski definition) is 4. The van der Waals surface area contributed by atoms with Gasteiger partial charge in [0.1, 0.15) is 28.1 Å². The monoisotopic (exact) mass is 926 g/mol. The molecule has 3 aliphatic carbocycles. The predicted octanol–water partition coefficient (Wildman–Crippen LogP) is 18.6. The van der Waals surface area contributed by atoms with Gasteiger partial charge in [0.25, 0.3) is 0 Å². The zero-order chi connectivity index (χ0) is 48.4. The minimum atomic E-state index is -0.354. The number of para-hydroxylation sites is 2. The van der Waals surface area contributed by atoms with Gasteiger partial charge in [0, 0.05) is 66.5 Å². The number of furan rings is 2. The summed E-state index contributed by atoms with van der Waals surface area (Å²) in [6, 6.07) is 68.4. The Balaban J connectivity index is 0.909. The fraction of sp³-hybridized carbons (Fsp3) is 0.132. The van der Waals surface area contributed by atoms with E-state index in [2.05, 4.69) is 228 Å². The molecule has 9 aromatic carbocycles. The van der Waals surface area contributed by atoms with Crippen molar-refractivity contribution in [2.45, 2.75) is 57.8 Å². The third-order valence-electron chi connectivity index (χ3n) is 16.9. The third kappa shape index (κ3) is 5.39. The number of hydrogen-bond donors (Lipinski definition) is 0. The number of anilines is 3. The van der Waals surface area contributed by atoms with E-state index in [0.29, 0.717) is 0 Å². The van der Waals surface area contributed by atoms with Gasteiger partial charge >= 0.3 is 0 Å². The molecular weight excluding hydrogens is 877 g/mol. The first kappa shape index (κ1) is 41.3. The van der Waals surface area contributed by atoms with Gasteiger partial charge in [-0.3, -0.25) is 4.90 Å². The van der Waals surface area contributed by atoms with Crippen LogP contribution in [0.1, 0.15) is 74.9 Å². The van der Waals surface area contributed by atoms with Crippen LogP contribution in [0.4, 0.5) is 17.2 Å². The second-order valence-electron chi connectivity index (χ2n) is 21.8. The Morgan fingerprint density at radius 1 is 0.375 bits per heavy atom. The Morgan fingerprint density at radius 3 is 1.60 bits per heavy atom. The van der Waals surface area contributed by atoms with Gasteiger partial charge in [0.05, 0.1) is 0 Å². The third-order valence-corrected chi connectivity index (χ3v) is 16.9. The van der Waals surface area contributed by atoms with Crippen LogP contribution in [0.3, 0.4) is 0 Å². The first-order valence-corrected chi connectivity index (χ1v) is 25.3. The van der Waals surface area contributed by atoms with E-state index in [1.54, 1.807) is 0 Å². The molecule has 0 N–H and O–H groups in total. The summed E-state index contributed by atoms with van der Waals surface area (Å²) < 4.78 is 13.9. The largest absolute Gasteiger partial charge is 0.455 e. The van der Waals surface area contributed by atoms with E-state index in [1.807, 2.05) is 12.3 Å². The first-order chi connectivity index (χ1) is 35.0. The van der Waals surface area contributed by atoms with E-state index in [1.165, 1.54) is 94.0 Å². The summed E-state index contributed by atoms with van der Waals surface area (Å²) >= 11 is 0. The van der Waals surface area contributed by atoms with Gasteiger partial charge in [-0.1, -0.05) is 175 Å². The van der Waals surface area contributed by atoms with E-state index in [4.69, 9.17) is 13.8 Å². The standard InChI is InChI=1S/C68H50N2O2/c1-66(2)51-36-42(31-33-45(51)57-53(66)38-49(64-59(57)47-21-11-14-24-54(47)71-64)41-29-27-40(28-30-41)39-18-8-7-9-19-39)70(56-26-16-17-35-69-56)43-32-34-46-52(37-43)68(5,6)63-61(46)65-60(48-22-12-15-25-55(48)72-65)58-44-20-10-13-23-50(44)67(3,4)62(58)63/h7-38H,1-6H3. The fourth-order valence-corrected chi connectivity index (χ4v) is 13.5. The average Bonchev–Trinajstić information content (AvgIpc) is 4.17. The maximum atomic E-state index is 7.03. The molecule has 0 bridgehead atoms. The van der Waals surface area contributed by atoms with Crippen molar-refractivity contribution in [2.24, 2.45) is 0 Å². The highest BCUT2D eigenvalue weighted by Crippen LogP contribution is 2.64. The van der Waals surface area contributed by atoms with Crippen LogP contribution < -0.4 is 4.90 Å². The summed E-state index contributed by atoms with van der Waals surface area (Å²) in [7, 11) is 0. The molecule has 4 heteroatoms. The van der Waals surface area contributed by atoms with Gasteiger partial charge in [0.15, 0.2) is 0 Å². The number of benzene rings is 9. The maximum Gasteiger partial charge on any atom is 0.144 e. The fourth-order valence-electron chi connectivity index (χ4n) is 13.5. The summed E-state index contributed by atoms with van der Waals surface area (Å²) in [5.74, 6) is 0.862. The molecule has 0 amide bonds. The van der Waals surface area contributed by atoms with E-state index in [-0.39, 0.29) is 16.2 Å². The van der Waals surface area contributed by atoms with Gasteiger partial charge in [-0.05, 0) is 132 Å². The van der Waals surface area contributed by atoms with Crippen LogP contribution in [0.25, 0.3) is 99.5 Å². The van der Waals surface area contributed by atoms with Crippen molar-refractivity contribution in [3.8, 4) is 55.6 Å². The van der Waals surface area contributed by atoms with Crippen molar-refractivity contribution in [3.63, 3.8) is 0 Å². The van der Waals surface area contributed by atoms with Crippen molar-refractivity contribution in [2.75, 3.05) is 4.90 Å². The van der Waals surface area contributed by atoms with Gasteiger partial charge in [-0.15, -0.1) is 0 Å². The maximum absolute atomic E-state index is 7.03. The van der Waals surface area contributed by atoms with Crippen molar-refractivity contribution in [3.05, 3.63) is 228 Å². The number of nitrogens with zero attached hydrogens (tertiary/aromatic N) is 2. The minimum absolute atomic E-state index is 0.221. The molecule has 3 aliphatic rings. The van der Waals surface area contributed by atoms with Crippen LogP contribution in [0.15, 0.2) is 203 Å². The molecule has 0 fully saturated rings. The Hall–Kier alpha value is -8.47. The molecule has 15 rings (SSSR count). The lowest BCUT2D eigenvalue weighted by Gasteiger charge is -2.31. The first-order valence-electron chi connectivity index (χ1n) is 25.3. The van der Waals surface area contributed by atoms with Crippen LogP contribution in [0.5, 0.6) is 0 Å². The molecule has 0 unspecified atom stereocenters. The highest BCUT2D eigenvalue weighted by atomic mass is 16.3. The topological polar surface area (TPSA) is 42.4 Å². The van der Waals surface area contributed by atoms with Gasteiger partial charge in [0.2, 0.25) is 0 Å². The second-order valence-corrected chi connectivity index (χ2v) is 21.8. The van der Waals surface area contributed by atoms with Gasteiger partial charge in [-0.2, -0.15) is 0 Å². The lowest BCUT2D eigenvalue weighted by Crippen LogP contribution is -2.24. The normalized spacial score (nSPS) is 15.1. The van der Waals surface area contributed by atoms with Crippen LogP contribution >= 0.6 is 0 Å². The molecule has 72 heavy (non-hydrogen) atoms. The Bertz CT molecular complexity index is 4280. The van der Waals surface area contributed by atoms with Crippen LogP contribution in [0, 0.1) is 0 Å². The molecule has 0 spiro atoms. The lowest BCUT2D eigenvalue weighted by atomic mass is 9.72. The summed E-state index contributed by atoms with van der Waals surface area (Å²) in [5, 5.41) is 4.69. The molecule has 0 saturated carbocycles. The lowest BCUT2D eigenvalue weighted by molar-refractivity contribution is 0.600. The minimum Gasteiger partial charge on any atom is -0.455 e. The van der Waals surface area contributed by atoms with Crippen LogP contribution in [0.2, 0.25) is 0 Å². The summed E-state index contributed by atoms with van der Waals surface area (Å²) in [4.78, 5) is 7.41. The van der Waals surface area contributed by atoms with Crippen molar-refractivity contribution < 1.29 is 8.83 Å². The molecule has 0 atom stereocenters. The Kier molecular flexibility index (Phi) is 8.23. The molecule has 3 heterocycles. The number of rotatable bonds is 5. The highest BCUT2D eigenvalue weighted by Gasteiger charge is 2.49. The smallest absolute Gasteiger partial charge is 0.144 e.